The van der Waals surface area contributed by atoms with Gasteiger partial charge in [-0.05, 0) is 34.1 Å². The number of aromatic nitrogens is 1. The average Bonchev–Trinajstić information content (AvgIpc) is 2.50. The lowest BCUT2D eigenvalue weighted by Gasteiger charge is -2.19. The smallest absolute Gasteiger partial charge is 0.258 e. The van der Waals surface area contributed by atoms with Gasteiger partial charge in [0.05, 0.1) is 6.54 Å². The van der Waals surface area contributed by atoms with Crippen molar-refractivity contribution in [2.24, 2.45) is 0 Å². The van der Waals surface area contributed by atoms with Crippen LogP contribution < -0.4 is 5.56 Å². The standard InChI is InChI=1S/C20H21NO/c1-20(2,3)17-10-8-15(9-11-17)14-21-13-12-16-6-4-5-7-18(16)19(21)22/h4-13H,14H2,1-3H3. The second-order valence-electron chi connectivity index (χ2n) is 6.78. The van der Waals surface area contributed by atoms with Crippen molar-refractivity contribution >= 4 is 10.8 Å². The van der Waals surface area contributed by atoms with E-state index < -0.39 is 0 Å². The number of rotatable bonds is 2. The predicted octanol–water partition coefficient (Wildman–Crippen LogP) is 4.35. The van der Waals surface area contributed by atoms with Crippen LogP contribution in [-0.2, 0) is 12.0 Å². The van der Waals surface area contributed by atoms with Crippen molar-refractivity contribution in [3.63, 3.8) is 0 Å². The van der Waals surface area contributed by atoms with Crippen LogP contribution in [0.4, 0.5) is 0 Å². The van der Waals surface area contributed by atoms with Crippen LogP contribution in [0.25, 0.3) is 10.8 Å². The SMILES string of the molecule is CC(C)(C)c1ccc(Cn2ccc3ccccc3c2=O)cc1. The first-order chi connectivity index (χ1) is 10.4. The molecule has 0 spiro atoms. The molecular weight excluding hydrogens is 270 g/mol. The van der Waals surface area contributed by atoms with E-state index in [1.165, 1.54) is 5.56 Å². The summed E-state index contributed by atoms with van der Waals surface area (Å²) < 4.78 is 1.77. The molecule has 0 atom stereocenters. The van der Waals surface area contributed by atoms with E-state index in [1.54, 1.807) is 4.57 Å². The molecule has 0 aliphatic carbocycles. The van der Waals surface area contributed by atoms with Crippen LogP contribution >= 0.6 is 0 Å². The molecule has 1 heterocycles. The maximum absolute atomic E-state index is 12.5. The molecule has 0 radical (unpaired) electrons. The number of benzene rings is 2. The van der Waals surface area contributed by atoms with Gasteiger partial charge >= 0.3 is 0 Å². The number of fused-ring (bicyclic) bond motifs is 1. The quantitative estimate of drug-likeness (QED) is 0.688. The summed E-state index contributed by atoms with van der Waals surface area (Å²) in [6.45, 7) is 7.22. The monoisotopic (exact) mass is 291 g/mol. The van der Waals surface area contributed by atoms with Gasteiger partial charge in [-0.3, -0.25) is 4.79 Å². The van der Waals surface area contributed by atoms with E-state index in [9.17, 15) is 4.79 Å². The maximum atomic E-state index is 12.5. The summed E-state index contributed by atoms with van der Waals surface area (Å²) in [7, 11) is 0. The Morgan fingerprint density at radius 3 is 2.27 bits per heavy atom. The third-order valence-corrected chi connectivity index (χ3v) is 4.06. The molecule has 0 fully saturated rings. The van der Waals surface area contributed by atoms with E-state index in [0.717, 1.165) is 16.3 Å². The molecule has 3 rings (SSSR count). The van der Waals surface area contributed by atoms with Crippen LogP contribution in [0.15, 0.2) is 65.6 Å². The molecule has 2 nitrogen and oxygen atoms in total. The van der Waals surface area contributed by atoms with Gasteiger partial charge < -0.3 is 4.57 Å². The van der Waals surface area contributed by atoms with Crippen molar-refractivity contribution in [1.82, 2.24) is 4.57 Å². The lowest BCUT2D eigenvalue weighted by Crippen LogP contribution is -2.20. The van der Waals surface area contributed by atoms with Crippen molar-refractivity contribution in [1.29, 1.82) is 0 Å². The van der Waals surface area contributed by atoms with E-state index in [-0.39, 0.29) is 11.0 Å². The summed E-state index contributed by atoms with van der Waals surface area (Å²) in [5.74, 6) is 0. The minimum absolute atomic E-state index is 0.0676. The Labute approximate surface area is 131 Å². The molecule has 0 amide bonds. The molecule has 22 heavy (non-hydrogen) atoms. The van der Waals surface area contributed by atoms with E-state index in [0.29, 0.717) is 6.54 Å². The average molecular weight is 291 g/mol. The molecule has 2 heteroatoms. The van der Waals surface area contributed by atoms with Gasteiger partial charge in [0.2, 0.25) is 0 Å². The largest absolute Gasteiger partial charge is 0.311 e. The molecule has 2 aromatic carbocycles. The summed E-state index contributed by atoms with van der Waals surface area (Å²) in [5.41, 5.74) is 2.67. The summed E-state index contributed by atoms with van der Waals surface area (Å²) in [4.78, 5) is 12.5. The van der Waals surface area contributed by atoms with Crippen molar-refractivity contribution in [2.45, 2.75) is 32.7 Å². The van der Waals surface area contributed by atoms with Crippen molar-refractivity contribution < 1.29 is 0 Å². The second-order valence-corrected chi connectivity index (χ2v) is 6.78. The minimum atomic E-state index is 0.0676. The van der Waals surface area contributed by atoms with Crippen molar-refractivity contribution in [3.8, 4) is 0 Å². The first-order valence-corrected chi connectivity index (χ1v) is 7.63. The molecule has 0 saturated carbocycles. The van der Waals surface area contributed by atoms with Gasteiger partial charge in [-0.1, -0.05) is 63.2 Å². The molecule has 0 aliphatic rings. The van der Waals surface area contributed by atoms with Crippen LogP contribution in [-0.4, -0.2) is 4.57 Å². The highest BCUT2D eigenvalue weighted by atomic mass is 16.1. The Hall–Kier alpha value is -2.35. The van der Waals surface area contributed by atoms with Gasteiger partial charge in [-0.25, -0.2) is 0 Å². The zero-order chi connectivity index (χ0) is 15.7. The van der Waals surface area contributed by atoms with Crippen molar-refractivity contribution in [3.05, 3.63) is 82.3 Å². The highest BCUT2D eigenvalue weighted by Gasteiger charge is 2.13. The predicted molar refractivity (Wildman–Crippen MR) is 92.5 cm³/mol. The molecule has 0 N–H and O–H groups in total. The fourth-order valence-corrected chi connectivity index (χ4v) is 2.66. The summed E-state index contributed by atoms with van der Waals surface area (Å²) in [6.07, 6.45) is 1.88. The maximum Gasteiger partial charge on any atom is 0.258 e. The zero-order valence-electron chi connectivity index (χ0n) is 13.3. The first kappa shape index (κ1) is 14.6. The summed E-state index contributed by atoms with van der Waals surface area (Å²) >= 11 is 0. The third-order valence-electron chi connectivity index (χ3n) is 4.06. The second kappa shape index (κ2) is 5.45. The number of nitrogens with zero attached hydrogens (tertiary/aromatic N) is 1. The highest BCUT2D eigenvalue weighted by molar-refractivity contribution is 5.81. The van der Waals surface area contributed by atoms with Gasteiger partial charge in [-0.15, -0.1) is 0 Å². The lowest BCUT2D eigenvalue weighted by molar-refractivity contribution is 0.589. The zero-order valence-corrected chi connectivity index (χ0v) is 13.3. The molecule has 0 unspecified atom stereocenters. The highest BCUT2D eigenvalue weighted by Crippen LogP contribution is 2.22. The van der Waals surface area contributed by atoms with Gasteiger partial charge in [0, 0.05) is 11.6 Å². The summed E-state index contributed by atoms with van der Waals surface area (Å²) in [6, 6.07) is 18.3. The van der Waals surface area contributed by atoms with E-state index >= 15 is 0 Å². The molecule has 3 aromatic rings. The van der Waals surface area contributed by atoms with Gasteiger partial charge in [-0.2, -0.15) is 0 Å². The first-order valence-electron chi connectivity index (χ1n) is 7.63. The Kier molecular flexibility index (Phi) is 3.61. The minimum Gasteiger partial charge on any atom is -0.311 e. The fraction of sp³-hybridized carbons (Fsp3) is 0.250. The number of pyridine rings is 1. The van der Waals surface area contributed by atoms with Crippen LogP contribution in [0.1, 0.15) is 31.9 Å². The van der Waals surface area contributed by atoms with Crippen LogP contribution in [0.2, 0.25) is 0 Å². The summed E-state index contributed by atoms with van der Waals surface area (Å²) in [5, 5.41) is 1.77. The van der Waals surface area contributed by atoms with Crippen LogP contribution in [0.5, 0.6) is 0 Å². The van der Waals surface area contributed by atoms with Crippen molar-refractivity contribution in [2.75, 3.05) is 0 Å². The van der Waals surface area contributed by atoms with E-state index in [2.05, 4.69) is 45.0 Å². The van der Waals surface area contributed by atoms with E-state index in [1.807, 2.05) is 36.5 Å². The topological polar surface area (TPSA) is 22.0 Å². The fourth-order valence-electron chi connectivity index (χ4n) is 2.66. The lowest BCUT2D eigenvalue weighted by atomic mass is 9.87. The van der Waals surface area contributed by atoms with E-state index in [4.69, 9.17) is 0 Å². The third kappa shape index (κ3) is 2.82. The van der Waals surface area contributed by atoms with Crippen LogP contribution in [0, 0.1) is 0 Å². The molecular formula is C20H21NO. The Morgan fingerprint density at radius 2 is 1.59 bits per heavy atom. The Bertz CT molecular complexity index is 851. The molecule has 0 aliphatic heterocycles. The van der Waals surface area contributed by atoms with Gasteiger partial charge in [0.1, 0.15) is 0 Å². The molecule has 112 valence electrons. The Morgan fingerprint density at radius 1 is 0.909 bits per heavy atom. The number of hydrogen-bond acceptors (Lipinski definition) is 1. The van der Waals surface area contributed by atoms with Gasteiger partial charge in [0.25, 0.3) is 5.56 Å². The Balaban J connectivity index is 1.93. The normalized spacial score (nSPS) is 11.8. The molecule has 1 aromatic heterocycles. The number of hydrogen-bond donors (Lipinski definition) is 0. The van der Waals surface area contributed by atoms with Gasteiger partial charge in [0.15, 0.2) is 0 Å². The molecule has 0 saturated heterocycles. The van der Waals surface area contributed by atoms with Crippen LogP contribution in [0.3, 0.4) is 0 Å². The molecule has 0 bridgehead atoms.